The minimum absolute atomic E-state index is 0.0900. The SMILES string of the molecule is CC[C@H](NC(=O)OC(C)(C)C)C(OC(C)=O)C(=O)NNC(=O)c1ccc(OC(F)(F)F)cc1. The highest BCUT2D eigenvalue weighted by molar-refractivity contribution is 5.96. The van der Waals surface area contributed by atoms with Crippen molar-refractivity contribution < 1.29 is 46.6 Å². The molecule has 3 N–H and O–H groups in total. The smallest absolute Gasteiger partial charge is 0.450 e. The molecule has 3 amide bonds. The van der Waals surface area contributed by atoms with Crippen molar-refractivity contribution in [3.63, 3.8) is 0 Å². The Bertz CT molecular complexity index is 852. The summed E-state index contributed by atoms with van der Waals surface area (Å²) in [5.41, 5.74) is 3.21. The molecule has 0 spiro atoms. The Labute approximate surface area is 188 Å². The zero-order valence-electron chi connectivity index (χ0n) is 18.7. The maximum Gasteiger partial charge on any atom is 0.573 e. The van der Waals surface area contributed by atoms with Gasteiger partial charge in [0.2, 0.25) is 6.10 Å². The molecule has 0 bridgehead atoms. The zero-order valence-corrected chi connectivity index (χ0v) is 18.7. The second-order valence-electron chi connectivity index (χ2n) is 7.71. The van der Waals surface area contributed by atoms with Crippen molar-refractivity contribution in [1.82, 2.24) is 16.2 Å². The lowest BCUT2D eigenvalue weighted by Crippen LogP contribution is -2.56. The summed E-state index contributed by atoms with van der Waals surface area (Å²) in [5.74, 6) is -3.17. The molecule has 0 fully saturated rings. The second-order valence-corrected chi connectivity index (χ2v) is 7.71. The Hall–Kier alpha value is -3.51. The maximum atomic E-state index is 12.6. The number of esters is 1. The number of amides is 3. The molecule has 0 heterocycles. The van der Waals surface area contributed by atoms with E-state index < -0.39 is 53.7 Å². The molecule has 13 heteroatoms. The fourth-order valence-electron chi connectivity index (χ4n) is 2.42. The largest absolute Gasteiger partial charge is 0.573 e. The third kappa shape index (κ3) is 10.6. The zero-order chi connectivity index (χ0) is 25.4. The molecule has 0 aliphatic rings. The molecule has 0 saturated heterocycles. The first-order valence-corrected chi connectivity index (χ1v) is 9.74. The van der Waals surface area contributed by atoms with E-state index in [0.29, 0.717) is 0 Å². The van der Waals surface area contributed by atoms with E-state index >= 15 is 0 Å². The quantitative estimate of drug-likeness (QED) is 0.406. The Morgan fingerprint density at radius 3 is 2.03 bits per heavy atom. The number of ether oxygens (including phenoxy) is 3. The molecule has 1 aromatic rings. The summed E-state index contributed by atoms with van der Waals surface area (Å²) in [6.45, 7) is 7.60. The van der Waals surface area contributed by atoms with Crippen LogP contribution in [0.3, 0.4) is 0 Å². The number of carbonyl (C=O) groups is 4. The maximum absolute atomic E-state index is 12.6. The van der Waals surface area contributed by atoms with Gasteiger partial charge in [0.25, 0.3) is 11.8 Å². The van der Waals surface area contributed by atoms with Gasteiger partial charge in [0.1, 0.15) is 11.4 Å². The number of alkyl halides is 3. The monoisotopic (exact) mass is 477 g/mol. The lowest BCUT2D eigenvalue weighted by atomic mass is 10.1. The fraction of sp³-hybridized carbons (Fsp3) is 0.500. The van der Waals surface area contributed by atoms with Crippen LogP contribution in [0.4, 0.5) is 18.0 Å². The highest BCUT2D eigenvalue weighted by Crippen LogP contribution is 2.22. The molecule has 1 rings (SSSR count). The summed E-state index contributed by atoms with van der Waals surface area (Å²) in [6, 6.07) is 2.95. The molecule has 33 heavy (non-hydrogen) atoms. The van der Waals surface area contributed by atoms with Crippen LogP contribution in [0.25, 0.3) is 0 Å². The first kappa shape index (κ1) is 27.5. The van der Waals surface area contributed by atoms with E-state index in [2.05, 4.69) is 20.9 Å². The molecule has 2 atom stereocenters. The van der Waals surface area contributed by atoms with Gasteiger partial charge in [-0.25, -0.2) is 4.79 Å². The minimum Gasteiger partial charge on any atom is -0.450 e. The van der Waals surface area contributed by atoms with Crippen molar-refractivity contribution in [1.29, 1.82) is 0 Å². The van der Waals surface area contributed by atoms with Crippen molar-refractivity contribution in [2.75, 3.05) is 0 Å². The first-order valence-electron chi connectivity index (χ1n) is 9.74. The molecule has 0 saturated carbocycles. The van der Waals surface area contributed by atoms with Gasteiger partial charge in [-0.15, -0.1) is 13.2 Å². The molecule has 10 nitrogen and oxygen atoms in total. The molecule has 1 unspecified atom stereocenters. The second kappa shape index (κ2) is 11.4. The number of nitrogens with one attached hydrogen (secondary N) is 3. The average Bonchev–Trinajstić information content (AvgIpc) is 2.66. The summed E-state index contributed by atoms with van der Waals surface area (Å²) in [5, 5.41) is 2.44. The van der Waals surface area contributed by atoms with E-state index in [1.807, 2.05) is 0 Å². The molecule has 184 valence electrons. The molecule has 0 aromatic heterocycles. The number of halogens is 3. The highest BCUT2D eigenvalue weighted by atomic mass is 19.4. The van der Waals surface area contributed by atoms with E-state index in [4.69, 9.17) is 9.47 Å². The lowest BCUT2D eigenvalue weighted by Gasteiger charge is -2.27. The summed E-state index contributed by atoms with van der Waals surface area (Å²) < 4.78 is 50.5. The van der Waals surface area contributed by atoms with E-state index in [1.165, 1.54) is 0 Å². The Morgan fingerprint density at radius 2 is 1.58 bits per heavy atom. The number of hydrogen-bond donors (Lipinski definition) is 3. The molecule has 0 radical (unpaired) electrons. The summed E-state index contributed by atoms with van der Waals surface area (Å²) >= 11 is 0. The van der Waals surface area contributed by atoms with Crippen molar-refractivity contribution in [3.8, 4) is 5.75 Å². The Kier molecular flexibility index (Phi) is 9.49. The third-order valence-electron chi connectivity index (χ3n) is 3.71. The standard InChI is InChI=1S/C20H26F3N3O7/c1-6-14(24-18(30)33-19(3,4)5)15(31-11(2)27)17(29)26-25-16(28)12-7-9-13(10-8-12)32-20(21,22)23/h7-10,14-15H,6H2,1-5H3,(H,24,30)(H,25,28)(H,26,29)/t14-,15?/m0/s1. The van der Waals surface area contributed by atoms with Gasteiger partial charge in [0.05, 0.1) is 6.04 Å². The molecule has 0 aliphatic heterocycles. The van der Waals surface area contributed by atoms with Crippen LogP contribution in [0, 0.1) is 0 Å². The van der Waals surface area contributed by atoms with Gasteiger partial charge in [0, 0.05) is 12.5 Å². The predicted molar refractivity (Wildman–Crippen MR) is 108 cm³/mol. The molecule has 1 aromatic carbocycles. The van der Waals surface area contributed by atoms with Crippen molar-refractivity contribution >= 4 is 23.9 Å². The number of carbonyl (C=O) groups excluding carboxylic acids is 4. The van der Waals surface area contributed by atoms with Crippen LogP contribution in [-0.4, -0.2) is 48.0 Å². The van der Waals surface area contributed by atoms with E-state index in [9.17, 15) is 32.3 Å². The van der Waals surface area contributed by atoms with Crippen molar-refractivity contribution in [3.05, 3.63) is 29.8 Å². The van der Waals surface area contributed by atoms with Gasteiger partial charge in [-0.2, -0.15) is 0 Å². The van der Waals surface area contributed by atoms with Crippen LogP contribution in [0.15, 0.2) is 24.3 Å². The predicted octanol–water partition coefficient (Wildman–Crippen LogP) is 2.58. The lowest BCUT2D eigenvalue weighted by molar-refractivity contribution is -0.274. The summed E-state index contributed by atoms with van der Waals surface area (Å²) in [7, 11) is 0. The number of hydrogen-bond acceptors (Lipinski definition) is 7. The van der Waals surface area contributed by atoms with Crippen LogP contribution >= 0.6 is 0 Å². The summed E-state index contributed by atoms with van der Waals surface area (Å²) in [4.78, 5) is 48.2. The topological polar surface area (TPSA) is 132 Å². The minimum atomic E-state index is -4.88. The molecular weight excluding hydrogens is 451 g/mol. The van der Waals surface area contributed by atoms with E-state index in [-0.39, 0.29) is 12.0 Å². The fourth-order valence-corrected chi connectivity index (χ4v) is 2.42. The van der Waals surface area contributed by atoms with E-state index in [1.54, 1.807) is 27.7 Å². The van der Waals surface area contributed by atoms with Gasteiger partial charge in [-0.3, -0.25) is 25.2 Å². The van der Waals surface area contributed by atoms with Gasteiger partial charge in [-0.1, -0.05) is 6.92 Å². The third-order valence-corrected chi connectivity index (χ3v) is 3.71. The van der Waals surface area contributed by atoms with Gasteiger partial charge in [-0.05, 0) is 51.5 Å². The van der Waals surface area contributed by atoms with Crippen molar-refractivity contribution in [2.24, 2.45) is 0 Å². The van der Waals surface area contributed by atoms with E-state index in [0.717, 1.165) is 31.2 Å². The highest BCUT2D eigenvalue weighted by Gasteiger charge is 2.33. The molecule has 0 aliphatic carbocycles. The first-order chi connectivity index (χ1) is 15.1. The van der Waals surface area contributed by atoms with Crippen LogP contribution in [0.1, 0.15) is 51.4 Å². The van der Waals surface area contributed by atoms with Crippen LogP contribution in [0.2, 0.25) is 0 Å². The number of rotatable bonds is 7. The summed E-state index contributed by atoms with van der Waals surface area (Å²) in [6.07, 6.45) is -7.07. The Morgan fingerprint density at radius 1 is 1.00 bits per heavy atom. The van der Waals surface area contributed by atoms with Gasteiger partial charge in [0.15, 0.2) is 0 Å². The number of alkyl carbamates (subject to hydrolysis) is 1. The average molecular weight is 477 g/mol. The van der Waals surface area contributed by atoms with Crippen LogP contribution in [-0.2, 0) is 19.1 Å². The molecular formula is C20H26F3N3O7. The van der Waals surface area contributed by atoms with Crippen LogP contribution in [0.5, 0.6) is 5.75 Å². The number of hydrazine groups is 1. The van der Waals surface area contributed by atoms with Crippen molar-refractivity contribution in [2.45, 2.75) is 65.1 Å². The van der Waals surface area contributed by atoms with Crippen LogP contribution < -0.4 is 20.9 Å². The Balaban J connectivity index is 2.82. The van der Waals surface area contributed by atoms with Gasteiger partial charge >= 0.3 is 18.4 Å². The number of benzene rings is 1. The van der Waals surface area contributed by atoms with Gasteiger partial charge < -0.3 is 19.5 Å². The normalized spacial score (nSPS) is 13.2.